The number of ether oxygens (including phenoxy) is 1. The van der Waals surface area contributed by atoms with Crippen LogP contribution in [0.5, 0.6) is 5.75 Å². The van der Waals surface area contributed by atoms with Gasteiger partial charge in [-0.1, -0.05) is 12.1 Å². The summed E-state index contributed by atoms with van der Waals surface area (Å²) >= 11 is 5.30. The third-order valence-electron chi connectivity index (χ3n) is 2.76. The van der Waals surface area contributed by atoms with Crippen LogP contribution in [0.15, 0.2) is 34.1 Å². The third kappa shape index (κ3) is 3.34. The van der Waals surface area contributed by atoms with E-state index in [-0.39, 0.29) is 0 Å². The van der Waals surface area contributed by atoms with Gasteiger partial charge in [-0.15, -0.1) is 11.3 Å². The lowest BCUT2D eigenvalue weighted by Crippen LogP contribution is -2.12. The van der Waals surface area contributed by atoms with Gasteiger partial charge in [-0.2, -0.15) is 0 Å². The molecule has 0 spiro atoms. The lowest BCUT2D eigenvalue weighted by Gasteiger charge is -2.08. The van der Waals surface area contributed by atoms with Crippen LogP contribution >= 0.6 is 27.3 Å². The fraction of sp³-hybridized carbons (Fsp3) is 0.286. The SMILES string of the molecule is COc1ccc(CNCc2sccc2Br)cc1C. The molecule has 2 aromatic rings. The number of halogens is 1. The second-order valence-electron chi connectivity index (χ2n) is 4.10. The van der Waals surface area contributed by atoms with Crippen molar-refractivity contribution in [2.75, 3.05) is 7.11 Å². The molecule has 2 nitrogen and oxygen atoms in total. The van der Waals surface area contributed by atoms with E-state index < -0.39 is 0 Å². The minimum atomic E-state index is 0.870. The van der Waals surface area contributed by atoms with Gasteiger partial charge in [-0.25, -0.2) is 0 Å². The number of hydrogen-bond acceptors (Lipinski definition) is 3. The molecule has 1 aromatic heterocycles. The predicted octanol–water partition coefficient (Wildman–Crippen LogP) is 4.12. The maximum Gasteiger partial charge on any atom is 0.121 e. The number of aryl methyl sites for hydroxylation is 1. The van der Waals surface area contributed by atoms with E-state index >= 15 is 0 Å². The van der Waals surface area contributed by atoms with Gasteiger partial charge in [0.15, 0.2) is 0 Å². The molecule has 0 atom stereocenters. The molecule has 2 rings (SSSR count). The second-order valence-corrected chi connectivity index (χ2v) is 5.95. The highest BCUT2D eigenvalue weighted by Gasteiger charge is 2.02. The Hall–Kier alpha value is -0.840. The molecule has 0 fully saturated rings. The lowest BCUT2D eigenvalue weighted by molar-refractivity contribution is 0.411. The third-order valence-corrected chi connectivity index (χ3v) is 4.69. The normalized spacial score (nSPS) is 10.6. The van der Waals surface area contributed by atoms with Crippen LogP contribution < -0.4 is 10.1 Å². The van der Waals surface area contributed by atoms with Crippen LogP contribution in [-0.4, -0.2) is 7.11 Å². The number of hydrogen-bond donors (Lipinski definition) is 1. The molecule has 0 radical (unpaired) electrons. The van der Waals surface area contributed by atoms with Crippen molar-refractivity contribution in [3.63, 3.8) is 0 Å². The summed E-state index contributed by atoms with van der Waals surface area (Å²) in [5.41, 5.74) is 2.45. The van der Waals surface area contributed by atoms with E-state index in [0.717, 1.165) is 18.8 Å². The van der Waals surface area contributed by atoms with Crippen molar-refractivity contribution in [2.24, 2.45) is 0 Å². The molecule has 0 saturated heterocycles. The lowest BCUT2D eigenvalue weighted by atomic mass is 10.1. The Morgan fingerprint density at radius 2 is 2.11 bits per heavy atom. The Labute approximate surface area is 120 Å². The fourth-order valence-electron chi connectivity index (χ4n) is 1.82. The summed E-state index contributed by atoms with van der Waals surface area (Å²) in [6.45, 7) is 3.83. The van der Waals surface area contributed by atoms with E-state index in [1.54, 1.807) is 18.4 Å². The molecule has 0 aliphatic heterocycles. The molecule has 0 aliphatic carbocycles. The molecule has 0 unspecified atom stereocenters. The standard InChI is InChI=1S/C14H16BrNOS/c1-10-7-11(3-4-13(10)17-2)8-16-9-14-12(15)5-6-18-14/h3-7,16H,8-9H2,1-2H3. The number of methoxy groups -OCH3 is 1. The average Bonchev–Trinajstić information content (AvgIpc) is 2.75. The summed E-state index contributed by atoms with van der Waals surface area (Å²) in [5, 5.41) is 5.55. The number of thiophene rings is 1. The quantitative estimate of drug-likeness (QED) is 0.892. The molecular formula is C14H16BrNOS. The van der Waals surface area contributed by atoms with Crippen LogP contribution in [0.2, 0.25) is 0 Å². The molecule has 18 heavy (non-hydrogen) atoms. The molecule has 0 bridgehead atoms. The van der Waals surface area contributed by atoms with Crippen molar-refractivity contribution in [3.8, 4) is 5.75 Å². The Morgan fingerprint density at radius 1 is 1.28 bits per heavy atom. The highest BCUT2D eigenvalue weighted by molar-refractivity contribution is 9.10. The second kappa shape index (κ2) is 6.36. The van der Waals surface area contributed by atoms with E-state index in [2.05, 4.69) is 51.7 Å². The Bertz CT molecular complexity index is 524. The van der Waals surface area contributed by atoms with Crippen LogP contribution in [0.1, 0.15) is 16.0 Å². The van der Waals surface area contributed by atoms with Gasteiger partial charge in [0, 0.05) is 22.4 Å². The maximum atomic E-state index is 5.25. The fourth-order valence-corrected chi connectivity index (χ4v) is 3.28. The van der Waals surface area contributed by atoms with E-state index in [0.29, 0.717) is 0 Å². The van der Waals surface area contributed by atoms with Crippen molar-refractivity contribution in [1.29, 1.82) is 0 Å². The molecular weight excluding hydrogens is 310 g/mol. The zero-order valence-corrected chi connectivity index (χ0v) is 12.9. The van der Waals surface area contributed by atoms with Gasteiger partial charge < -0.3 is 10.1 Å². The number of rotatable bonds is 5. The summed E-state index contributed by atoms with van der Waals surface area (Å²) < 4.78 is 6.44. The average molecular weight is 326 g/mol. The smallest absolute Gasteiger partial charge is 0.121 e. The molecule has 4 heteroatoms. The van der Waals surface area contributed by atoms with Crippen molar-refractivity contribution < 1.29 is 4.74 Å². The predicted molar refractivity (Wildman–Crippen MR) is 80.3 cm³/mol. The molecule has 1 aromatic carbocycles. The minimum Gasteiger partial charge on any atom is -0.496 e. The molecule has 0 saturated carbocycles. The zero-order chi connectivity index (χ0) is 13.0. The Kier molecular flexibility index (Phi) is 4.80. The molecule has 1 heterocycles. The van der Waals surface area contributed by atoms with Gasteiger partial charge in [-0.3, -0.25) is 0 Å². The monoisotopic (exact) mass is 325 g/mol. The summed E-state index contributed by atoms with van der Waals surface area (Å²) in [6, 6.07) is 8.37. The molecule has 96 valence electrons. The maximum absolute atomic E-state index is 5.25. The topological polar surface area (TPSA) is 21.3 Å². The summed E-state index contributed by atoms with van der Waals surface area (Å²) in [6.07, 6.45) is 0. The first-order valence-corrected chi connectivity index (χ1v) is 7.44. The number of benzene rings is 1. The van der Waals surface area contributed by atoms with E-state index in [9.17, 15) is 0 Å². The first-order valence-electron chi connectivity index (χ1n) is 5.77. The van der Waals surface area contributed by atoms with Crippen LogP contribution in [0.3, 0.4) is 0 Å². The van der Waals surface area contributed by atoms with E-state index in [1.165, 1.54) is 20.5 Å². The number of nitrogens with one attached hydrogen (secondary N) is 1. The Balaban J connectivity index is 1.91. The van der Waals surface area contributed by atoms with Gasteiger partial charge in [0.25, 0.3) is 0 Å². The molecule has 1 N–H and O–H groups in total. The van der Waals surface area contributed by atoms with Crippen molar-refractivity contribution >= 4 is 27.3 Å². The first kappa shape index (κ1) is 13.6. The van der Waals surface area contributed by atoms with Crippen LogP contribution in [0.25, 0.3) is 0 Å². The van der Waals surface area contributed by atoms with Crippen molar-refractivity contribution in [2.45, 2.75) is 20.0 Å². The van der Waals surface area contributed by atoms with Gasteiger partial charge in [0.2, 0.25) is 0 Å². The summed E-state index contributed by atoms with van der Waals surface area (Å²) in [5.74, 6) is 0.944. The van der Waals surface area contributed by atoms with Gasteiger partial charge in [0.1, 0.15) is 5.75 Å². The largest absolute Gasteiger partial charge is 0.496 e. The van der Waals surface area contributed by atoms with Crippen molar-refractivity contribution in [1.82, 2.24) is 5.32 Å². The van der Waals surface area contributed by atoms with Gasteiger partial charge in [0.05, 0.1) is 7.11 Å². The van der Waals surface area contributed by atoms with Gasteiger partial charge >= 0.3 is 0 Å². The van der Waals surface area contributed by atoms with E-state index in [4.69, 9.17) is 4.74 Å². The molecule has 0 aliphatic rings. The van der Waals surface area contributed by atoms with Crippen LogP contribution in [0.4, 0.5) is 0 Å². The summed E-state index contributed by atoms with van der Waals surface area (Å²) in [4.78, 5) is 1.33. The zero-order valence-electron chi connectivity index (χ0n) is 10.5. The highest BCUT2D eigenvalue weighted by Crippen LogP contribution is 2.22. The highest BCUT2D eigenvalue weighted by atomic mass is 79.9. The summed E-state index contributed by atoms with van der Waals surface area (Å²) in [7, 11) is 1.70. The molecule has 0 amide bonds. The van der Waals surface area contributed by atoms with E-state index in [1.807, 2.05) is 6.07 Å². The van der Waals surface area contributed by atoms with Crippen molar-refractivity contribution in [3.05, 3.63) is 50.1 Å². The van der Waals surface area contributed by atoms with Crippen LogP contribution in [0, 0.1) is 6.92 Å². The van der Waals surface area contributed by atoms with Crippen LogP contribution in [-0.2, 0) is 13.1 Å². The Morgan fingerprint density at radius 3 is 2.72 bits per heavy atom. The minimum absolute atomic E-state index is 0.870. The van der Waals surface area contributed by atoms with Gasteiger partial charge in [-0.05, 0) is 51.5 Å². The first-order chi connectivity index (χ1) is 8.70.